The van der Waals surface area contributed by atoms with E-state index in [-0.39, 0.29) is 12.7 Å². The van der Waals surface area contributed by atoms with Gasteiger partial charge in [-0.2, -0.15) is 0 Å². The summed E-state index contributed by atoms with van der Waals surface area (Å²) >= 11 is 0. The quantitative estimate of drug-likeness (QED) is 0.712. The highest BCUT2D eigenvalue weighted by Gasteiger charge is 2.14. The number of hydrogen-bond acceptors (Lipinski definition) is 6. The lowest BCUT2D eigenvalue weighted by Crippen LogP contribution is -2.26. The van der Waals surface area contributed by atoms with E-state index in [9.17, 15) is 4.79 Å². The average Bonchev–Trinajstić information content (AvgIpc) is 3.21. The number of nitrogens with one attached hydrogen (secondary N) is 1. The Morgan fingerprint density at radius 1 is 1.04 bits per heavy atom. The van der Waals surface area contributed by atoms with Crippen LogP contribution in [-0.2, 0) is 13.1 Å². The van der Waals surface area contributed by atoms with E-state index in [0.29, 0.717) is 24.6 Å². The number of amides is 1. The molecule has 2 heterocycles. The number of nitrogens with zero attached hydrogens (tertiary/aromatic N) is 3. The normalized spacial score (nSPS) is 11.9. The van der Waals surface area contributed by atoms with Crippen LogP contribution in [-0.4, -0.2) is 34.6 Å². The van der Waals surface area contributed by atoms with Gasteiger partial charge >= 0.3 is 0 Å². The number of hydrogen-bond donors (Lipinski definition) is 1. The van der Waals surface area contributed by atoms with E-state index in [0.717, 1.165) is 22.6 Å². The van der Waals surface area contributed by atoms with Crippen molar-refractivity contribution in [2.45, 2.75) is 13.1 Å². The van der Waals surface area contributed by atoms with Gasteiger partial charge in [0.1, 0.15) is 0 Å². The van der Waals surface area contributed by atoms with E-state index >= 15 is 0 Å². The van der Waals surface area contributed by atoms with Crippen LogP contribution in [0.15, 0.2) is 60.9 Å². The van der Waals surface area contributed by atoms with Gasteiger partial charge < -0.3 is 19.7 Å². The van der Waals surface area contributed by atoms with Gasteiger partial charge in [0.25, 0.3) is 5.91 Å². The van der Waals surface area contributed by atoms with Crippen LogP contribution in [0.4, 0.5) is 5.95 Å². The SMILES string of the molecule is CN(Cc1ccccc1)C(=O)c1cnc(NCc2ccc3c(c2)OCO3)nc1. The molecule has 0 bridgehead atoms. The van der Waals surface area contributed by atoms with Crippen molar-refractivity contribution in [2.75, 3.05) is 19.2 Å². The number of anilines is 1. The molecule has 1 N–H and O–H groups in total. The van der Waals surface area contributed by atoms with E-state index in [1.165, 1.54) is 0 Å². The predicted molar refractivity (Wildman–Crippen MR) is 104 cm³/mol. The molecule has 1 aliphatic heterocycles. The van der Waals surface area contributed by atoms with Crippen LogP contribution in [0.25, 0.3) is 0 Å². The summed E-state index contributed by atoms with van der Waals surface area (Å²) < 4.78 is 10.7. The molecule has 4 rings (SSSR count). The molecule has 0 unspecified atom stereocenters. The second kappa shape index (κ2) is 7.96. The van der Waals surface area contributed by atoms with Gasteiger partial charge in [0.15, 0.2) is 11.5 Å². The fraction of sp³-hybridized carbons (Fsp3) is 0.190. The van der Waals surface area contributed by atoms with Crippen LogP contribution in [0.2, 0.25) is 0 Å². The lowest BCUT2D eigenvalue weighted by molar-refractivity contribution is 0.0784. The molecule has 7 nitrogen and oxygen atoms in total. The molecule has 0 aliphatic carbocycles. The monoisotopic (exact) mass is 376 g/mol. The largest absolute Gasteiger partial charge is 0.454 e. The fourth-order valence-corrected chi connectivity index (χ4v) is 2.91. The Morgan fingerprint density at radius 3 is 2.57 bits per heavy atom. The maximum atomic E-state index is 12.5. The van der Waals surface area contributed by atoms with Gasteiger partial charge in [0.2, 0.25) is 12.7 Å². The number of aromatic nitrogens is 2. The maximum absolute atomic E-state index is 12.5. The number of fused-ring (bicyclic) bond motifs is 1. The Labute approximate surface area is 163 Å². The van der Waals surface area contributed by atoms with Gasteiger partial charge in [-0.1, -0.05) is 36.4 Å². The molecule has 0 atom stereocenters. The summed E-state index contributed by atoms with van der Waals surface area (Å²) in [6.45, 7) is 1.32. The molecule has 7 heteroatoms. The van der Waals surface area contributed by atoms with Crippen molar-refractivity contribution in [3.05, 3.63) is 77.6 Å². The summed E-state index contributed by atoms with van der Waals surface area (Å²) in [5, 5.41) is 3.14. The van der Waals surface area contributed by atoms with Gasteiger partial charge in [-0.3, -0.25) is 4.79 Å². The topological polar surface area (TPSA) is 76.6 Å². The van der Waals surface area contributed by atoms with Crippen molar-refractivity contribution in [2.24, 2.45) is 0 Å². The third-order valence-corrected chi connectivity index (χ3v) is 4.40. The van der Waals surface area contributed by atoms with Crippen molar-refractivity contribution < 1.29 is 14.3 Å². The van der Waals surface area contributed by atoms with Crippen molar-refractivity contribution in [3.63, 3.8) is 0 Å². The van der Waals surface area contributed by atoms with Crippen LogP contribution < -0.4 is 14.8 Å². The molecule has 3 aromatic rings. The maximum Gasteiger partial charge on any atom is 0.257 e. The fourth-order valence-electron chi connectivity index (χ4n) is 2.91. The van der Waals surface area contributed by atoms with E-state index in [4.69, 9.17) is 9.47 Å². The molecule has 0 spiro atoms. The summed E-state index contributed by atoms with van der Waals surface area (Å²) in [5.74, 6) is 1.83. The molecule has 0 saturated carbocycles. The molecule has 2 aromatic carbocycles. The molecule has 0 fully saturated rings. The molecule has 1 amide bonds. The number of ether oxygens (including phenoxy) is 2. The number of rotatable bonds is 6. The highest BCUT2D eigenvalue weighted by molar-refractivity contribution is 5.93. The minimum atomic E-state index is -0.119. The first kappa shape index (κ1) is 17.8. The van der Waals surface area contributed by atoms with Crippen LogP contribution in [0, 0.1) is 0 Å². The summed E-state index contributed by atoms with van der Waals surface area (Å²) in [6.07, 6.45) is 3.08. The molecule has 1 aromatic heterocycles. The summed E-state index contributed by atoms with van der Waals surface area (Å²) in [5.41, 5.74) is 2.55. The Morgan fingerprint density at radius 2 is 1.79 bits per heavy atom. The van der Waals surface area contributed by atoms with Crippen molar-refractivity contribution in [3.8, 4) is 11.5 Å². The summed E-state index contributed by atoms with van der Waals surface area (Å²) in [7, 11) is 1.77. The molecular formula is C21H20N4O3. The van der Waals surface area contributed by atoms with Gasteiger partial charge in [0, 0.05) is 32.5 Å². The number of benzene rings is 2. The van der Waals surface area contributed by atoms with Crippen LogP contribution in [0.5, 0.6) is 11.5 Å². The molecule has 28 heavy (non-hydrogen) atoms. The zero-order valence-corrected chi connectivity index (χ0v) is 15.5. The van der Waals surface area contributed by atoms with Crippen LogP contribution in [0.1, 0.15) is 21.5 Å². The van der Waals surface area contributed by atoms with Crippen LogP contribution >= 0.6 is 0 Å². The van der Waals surface area contributed by atoms with Gasteiger partial charge in [-0.05, 0) is 23.3 Å². The first-order chi connectivity index (χ1) is 13.7. The Kier molecular flexibility index (Phi) is 5.05. The standard InChI is InChI=1S/C21H20N4O3/c1-25(13-15-5-3-2-4-6-15)20(26)17-11-23-21(24-12-17)22-10-16-7-8-18-19(9-16)28-14-27-18/h2-9,11-12H,10,13-14H2,1H3,(H,22,23,24). The Bertz CT molecular complexity index is 961. The zero-order valence-electron chi connectivity index (χ0n) is 15.5. The van der Waals surface area contributed by atoms with E-state index in [1.54, 1.807) is 24.3 Å². The van der Waals surface area contributed by atoms with Crippen molar-refractivity contribution in [1.82, 2.24) is 14.9 Å². The zero-order chi connectivity index (χ0) is 19.3. The number of carbonyl (C=O) groups excluding carboxylic acids is 1. The molecule has 0 radical (unpaired) electrons. The summed E-state index contributed by atoms with van der Waals surface area (Å²) in [4.78, 5) is 22.7. The lowest BCUT2D eigenvalue weighted by Gasteiger charge is -2.17. The minimum Gasteiger partial charge on any atom is -0.454 e. The van der Waals surface area contributed by atoms with Gasteiger partial charge in [0.05, 0.1) is 5.56 Å². The highest BCUT2D eigenvalue weighted by atomic mass is 16.7. The molecule has 0 saturated heterocycles. The Hall–Kier alpha value is -3.61. The molecule has 142 valence electrons. The smallest absolute Gasteiger partial charge is 0.257 e. The number of carbonyl (C=O) groups is 1. The van der Waals surface area contributed by atoms with Crippen molar-refractivity contribution >= 4 is 11.9 Å². The van der Waals surface area contributed by atoms with E-state index < -0.39 is 0 Å². The first-order valence-corrected chi connectivity index (χ1v) is 8.93. The second-order valence-corrected chi connectivity index (χ2v) is 6.48. The predicted octanol–water partition coefficient (Wildman–Crippen LogP) is 3.09. The first-order valence-electron chi connectivity index (χ1n) is 8.93. The third kappa shape index (κ3) is 4.03. The van der Waals surface area contributed by atoms with Gasteiger partial charge in [-0.15, -0.1) is 0 Å². The highest BCUT2D eigenvalue weighted by Crippen LogP contribution is 2.32. The average molecular weight is 376 g/mol. The third-order valence-electron chi connectivity index (χ3n) is 4.40. The molecule has 1 aliphatic rings. The molecular weight excluding hydrogens is 356 g/mol. The van der Waals surface area contributed by atoms with Gasteiger partial charge in [-0.25, -0.2) is 9.97 Å². The summed E-state index contributed by atoms with van der Waals surface area (Å²) in [6, 6.07) is 15.6. The minimum absolute atomic E-state index is 0.119. The van der Waals surface area contributed by atoms with Crippen molar-refractivity contribution in [1.29, 1.82) is 0 Å². The lowest BCUT2D eigenvalue weighted by atomic mass is 10.2. The second-order valence-electron chi connectivity index (χ2n) is 6.48. The van der Waals surface area contributed by atoms with E-state index in [2.05, 4.69) is 15.3 Å². The van der Waals surface area contributed by atoms with E-state index in [1.807, 2.05) is 48.5 Å². The Balaban J connectivity index is 1.35. The van der Waals surface area contributed by atoms with Crippen LogP contribution in [0.3, 0.4) is 0 Å².